The number of aryl methyl sites for hydroxylation is 2. The third-order valence-corrected chi connectivity index (χ3v) is 5.68. The summed E-state index contributed by atoms with van der Waals surface area (Å²) in [6, 6.07) is 2.66. The van der Waals surface area contributed by atoms with Crippen molar-refractivity contribution >= 4 is 34.6 Å². The molecule has 0 aliphatic heterocycles. The number of carbonyl (C=O) groups is 2. The van der Waals surface area contributed by atoms with Crippen LogP contribution in [0, 0.1) is 6.92 Å². The zero-order chi connectivity index (χ0) is 21.0. The number of carboxylic acids is 1. The fourth-order valence-corrected chi connectivity index (χ4v) is 4.12. The monoisotopic (exact) mass is 419 g/mol. The lowest BCUT2D eigenvalue weighted by Gasteiger charge is -2.19. The van der Waals surface area contributed by atoms with Gasteiger partial charge in [-0.2, -0.15) is 11.8 Å². The van der Waals surface area contributed by atoms with Crippen molar-refractivity contribution in [1.29, 1.82) is 0 Å². The Morgan fingerprint density at radius 1 is 1.28 bits per heavy atom. The van der Waals surface area contributed by atoms with Crippen LogP contribution in [-0.2, 0) is 22.4 Å². The maximum Gasteiger partial charge on any atom is 0.339 e. The average Bonchev–Trinajstić information content (AvgIpc) is 2.69. The highest BCUT2D eigenvalue weighted by Crippen LogP contribution is 2.34. The Hall–Kier alpha value is -2.48. The van der Waals surface area contributed by atoms with Crippen LogP contribution in [0.1, 0.15) is 36.0 Å². The van der Waals surface area contributed by atoms with Gasteiger partial charge in [-0.1, -0.05) is 0 Å². The van der Waals surface area contributed by atoms with Gasteiger partial charge < -0.3 is 19.6 Å². The van der Waals surface area contributed by atoms with E-state index < -0.39 is 17.9 Å². The van der Waals surface area contributed by atoms with E-state index >= 15 is 0 Å². The van der Waals surface area contributed by atoms with Crippen LogP contribution in [0.15, 0.2) is 21.3 Å². The molecule has 3 rings (SSSR count). The van der Waals surface area contributed by atoms with Crippen molar-refractivity contribution < 1.29 is 23.8 Å². The van der Waals surface area contributed by atoms with Crippen LogP contribution in [-0.4, -0.2) is 41.6 Å². The summed E-state index contributed by atoms with van der Waals surface area (Å²) in [5, 5.41) is 12.5. The van der Waals surface area contributed by atoms with Crippen LogP contribution in [0.4, 0.5) is 0 Å². The van der Waals surface area contributed by atoms with E-state index in [2.05, 4.69) is 5.32 Å². The number of rotatable bonds is 8. The van der Waals surface area contributed by atoms with E-state index in [4.69, 9.17) is 9.15 Å². The molecule has 1 heterocycles. The minimum Gasteiger partial charge on any atom is -0.483 e. The number of amides is 1. The minimum absolute atomic E-state index is 0.306. The summed E-state index contributed by atoms with van der Waals surface area (Å²) in [6.07, 6.45) is 5.59. The van der Waals surface area contributed by atoms with Crippen molar-refractivity contribution in [2.45, 2.75) is 45.1 Å². The third kappa shape index (κ3) is 4.93. The molecule has 156 valence electrons. The number of nitrogens with one attached hydrogen (secondary N) is 1. The quantitative estimate of drug-likeness (QED) is 0.634. The summed E-state index contributed by atoms with van der Waals surface area (Å²) in [4.78, 5) is 35.9. The molecule has 0 bridgehead atoms. The van der Waals surface area contributed by atoms with Crippen LogP contribution in [0.5, 0.6) is 5.75 Å². The fraction of sp³-hybridized carbons (Fsp3) is 0.476. The molecule has 1 aromatic heterocycles. The highest BCUT2D eigenvalue weighted by atomic mass is 32.2. The van der Waals surface area contributed by atoms with Crippen LogP contribution in [0.25, 0.3) is 11.0 Å². The van der Waals surface area contributed by atoms with E-state index in [1.54, 1.807) is 6.07 Å². The van der Waals surface area contributed by atoms with Gasteiger partial charge in [0.25, 0.3) is 5.91 Å². The number of hydrogen-bond acceptors (Lipinski definition) is 6. The standard InChI is InChI=1S/C21H25NO6S/c1-12-9-16(27-11-18(23)22-15(20(24)25)7-8-29-2)19-13-5-3-4-6-14(13)21(26)28-17(19)10-12/h9-10,15H,3-8,11H2,1-2H3,(H,22,23)(H,24,25)/t15-/m0/s1. The Morgan fingerprint density at radius 3 is 2.69 bits per heavy atom. The first-order chi connectivity index (χ1) is 13.9. The van der Waals surface area contributed by atoms with Crippen molar-refractivity contribution in [3.63, 3.8) is 0 Å². The van der Waals surface area contributed by atoms with E-state index in [1.807, 2.05) is 19.2 Å². The normalized spacial score (nSPS) is 14.3. The molecule has 1 amide bonds. The lowest BCUT2D eigenvalue weighted by Crippen LogP contribution is -2.43. The number of hydrogen-bond donors (Lipinski definition) is 2. The van der Waals surface area contributed by atoms with E-state index in [1.165, 1.54) is 11.8 Å². The number of thioether (sulfide) groups is 1. The Balaban J connectivity index is 1.83. The van der Waals surface area contributed by atoms with Gasteiger partial charge in [0, 0.05) is 5.56 Å². The maximum absolute atomic E-state index is 12.3. The molecule has 29 heavy (non-hydrogen) atoms. The van der Waals surface area contributed by atoms with Crippen molar-refractivity contribution in [2.24, 2.45) is 0 Å². The summed E-state index contributed by atoms with van der Waals surface area (Å²) in [5.74, 6) is -0.456. The van der Waals surface area contributed by atoms with Crippen LogP contribution < -0.4 is 15.7 Å². The number of carbonyl (C=O) groups excluding carboxylic acids is 1. The molecule has 1 aromatic carbocycles. The highest BCUT2D eigenvalue weighted by molar-refractivity contribution is 7.98. The minimum atomic E-state index is -1.07. The molecule has 0 saturated carbocycles. The molecule has 1 aliphatic rings. The van der Waals surface area contributed by atoms with Crippen molar-refractivity contribution in [3.05, 3.63) is 39.2 Å². The van der Waals surface area contributed by atoms with Crippen molar-refractivity contribution in [1.82, 2.24) is 5.32 Å². The first-order valence-corrected chi connectivity index (χ1v) is 11.0. The average molecular weight is 419 g/mol. The molecule has 0 saturated heterocycles. The second kappa shape index (κ2) is 9.35. The molecule has 0 unspecified atom stereocenters. The van der Waals surface area contributed by atoms with Gasteiger partial charge in [-0.25, -0.2) is 9.59 Å². The lowest BCUT2D eigenvalue weighted by atomic mass is 9.90. The second-order valence-corrected chi connectivity index (χ2v) is 8.20. The Kier molecular flexibility index (Phi) is 6.84. The molecule has 1 aliphatic carbocycles. The SMILES string of the molecule is CSCC[C@H](NC(=O)COc1cc(C)cc2oc(=O)c3c(c12)CCCC3)C(=O)O. The van der Waals surface area contributed by atoms with Crippen LogP contribution >= 0.6 is 11.8 Å². The number of benzene rings is 1. The van der Waals surface area contributed by atoms with E-state index in [0.717, 1.165) is 35.8 Å². The molecule has 1 atom stereocenters. The Morgan fingerprint density at radius 2 is 2.00 bits per heavy atom. The summed E-state index contributed by atoms with van der Waals surface area (Å²) in [6.45, 7) is 1.55. The molecular formula is C21H25NO6S. The number of fused-ring (bicyclic) bond motifs is 3. The Labute approximate surface area is 172 Å². The second-order valence-electron chi connectivity index (χ2n) is 7.22. The van der Waals surface area contributed by atoms with Gasteiger partial charge >= 0.3 is 11.6 Å². The molecule has 7 nitrogen and oxygen atoms in total. The van der Waals surface area contributed by atoms with Gasteiger partial charge in [0.05, 0.1) is 5.39 Å². The number of ether oxygens (including phenoxy) is 1. The molecule has 0 radical (unpaired) electrons. The van der Waals surface area contributed by atoms with E-state index in [9.17, 15) is 19.5 Å². The van der Waals surface area contributed by atoms with Crippen LogP contribution in [0.2, 0.25) is 0 Å². The maximum atomic E-state index is 12.3. The number of carboxylic acid groups (broad SMARTS) is 1. The highest BCUT2D eigenvalue weighted by Gasteiger charge is 2.23. The molecule has 0 fully saturated rings. The zero-order valence-corrected chi connectivity index (χ0v) is 17.4. The van der Waals surface area contributed by atoms with Crippen LogP contribution in [0.3, 0.4) is 0 Å². The number of aliphatic carboxylic acids is 1. The van der Waals surface area contributed by atoms with Gasteiger partial charge in [0.2, 0.25) is 0 Å². The van der Waals surface area contributed by atoms with E-state index in [-0.39, 0.29) is 12.2 Å². The largest absolute Gasteiger partial charge is 0.483 e. The zero-order valence-electron chi connectivity index (χ0n) is 16.6. The fourth-order valence-electron chi connectivity index (χ4n) is 3.65. The molecule has 2 N–H and O–H groups in total. The predicted octanol–water partition coefficient (Wildman–Crippen LogP) is 2.68. The van der Waals surface area contributed by atoms with Gasteiger partial charge in [-0.3, -0.25) is 4.79 Å². The van der Waals surface area contributed by atoms with Crippen molar-refractivity contribution in [3.8, 4) is 5.75 Å². The molecule has 8 heteroatoms. The summed E-state index contributed by atoms with van der Waals surface area (Å²) in [5.41, 5.74) is 2.61. The van der Waals surface area contributed by atoms with Gasteiger partial charge in [-0.15, -0.1) is 0 Å². The van der Waals surface area contributed by atoms with Crippen molar-refractivity contribution in [2.75, 3.05) is 18.6 Å². The summed E-state index contributed by atoms with van der Waals surface area (Å²) in [7, 11) is 0. The third-order valence-electron chi connectivity index (χ3n) is 5.03. The van der Waals surface area contributed by atoms with Gasteiger partial charge in [-0.05, 0) is 74.3 Å². The first kappa shape index (κ1) is 21.2. The molecule has 2 aromatic rings. The molecular weight excluding hydrogens is 394 g/mol. The lowest BCUT2D eigenvalue weighted by molar-refractivity contribution is -0.142. The Bertz CT molecular complexity index is 983. The smallest absolute Gasteiger partial charge is 0.339 e. The van der Waals surface area contributed by atoms with E-state index in [0.29, 0.717) is 35.5 Å². The summed E-state index contributed by atoms with van der Waals surface area (Å²) >= 11 is 1.52. The van der Waals surface area contributed by atoms with Gasteiger partial charge in [0.1, 0.15) is 17.4 Å². The topological polar surface area (TPSA) is 106 Å². The first-order valence-electron chi connectivity index (χ1n) is 9.63. The summed E-state index contributed by atoms with van der Waals surface area (Å²) < 4.78 is 11.3. The predicted molar refractivity (Wildman–Crippen MR) is 112 cm³/mol. The van der Waals surface area contributed by atoms with Gasteiger partial charge in [0.15, 0.2) is 6.61 Å². The molecule has 0 spiro atoms.